The molecule has 0 aliphatic carbocycles. The van der Waals surface area contributed by atoms with Crippen molar-refractivity contribution >= 4 is 43.6 Å². The van der Waals surface area contributed by atoms with Gasteiger partial charge in [-0.2, -0.15) is 0 Å². The molecule has 7 aromatic rings. The van der Waals surface area contributed by atoms with Crippen molar-refractivity contribution in [1.82, 2.24) is 9.13 Å². The van der Waals surface area contributed by atoms with E-state index >= 15 is 0 Å². The van der Waals surface area contributed by atoms with Crippen molar-refractivity contribution in [2.45, 2.75) is 53.9 Å². The number of benzene rings is 5. The van der Waals surface area contributed by atoms with Crippen molar-refractivity contribution in [3.05, 3.63) is 121 Å². The molecule has 42 heavy (non-hydrogen) atoms. The molecule has 0 radical (unpaired) electrons. The number of hydrogen-bond donors (Lipinski definition) is 0. The quantitative estimate of drug-likeness (QED) is 0.207. The zero-order valence-electron chi connectivity index (χ0n) is 25.6. The molecule has 0 aliphatic rings. The molecule has 0 aliphatic heterocycles. The largest absolute Gasteiger partial charge is 0.309 e. The first-order chi connectivity index (χ1) is 20.1. The smallest absolute Gasteiger partial charge is 0.0641 e. The van der Waals surface area contributed by atoms with Crippen LogP contribution in [0.5, 0.6) is 0 Å². The first-order valence-corrected chi connectivity index (χ1v) is 15.2. The van der Waals surface area contributed by atoms with Crippen LogP contribution in [-0.4, -0.2) is 9.13 Å². The molecule has 1 atom stereocenters. The minimum atomic E-state index is 0.162. The van der Waals surface area contributed by atoms with E-state index in [1.54, 1.807) is 0 Å². The zero-order valence-corrected chi connectivity index (χ0v) is 25.6. The number of rotatable bonds is 4. The fourth-order valence-corrected chi connectivity index (χ4v) is 7.05. The summed E-state index contributed by atoms with van der Waals surface area (Å²) in [6.07, 6.45) is 1.14. The lowest BCUT2D eigenvalue weighted by molar-refractivity contribution is 0.229. The van der Waals surface area contributed by atoms with Crippen LogP contribution in [-0.2, 0) is 0 Å². The summed E-state index contributed by atoms with van der Waals surface area (Å²) in [5, 5.41) is 5.16. The van der Waals surface area contributed by atoms with Crippen LogP contribution in [0, 0.1) is 10.8 Å². The van der Waals surface area contributed by atoms with Crippen molar-refractivity contribution in [1.29, 1.82) is 0 Å². The van der Waals surface area contributed by atoms with Gasteiger partial charge in [0.05, 0.1) is 22.1 Å². The molecule has 0 amide bonds. The summed E-state index contributed by atoms with van der Waals surface area (Å²) < 4.78 is 4.94. The highest BCUT2D eigenvalue weighted by Gasteiger charge is 2.31. The first-order valence-electron chi connectivity index (χ1n) is 15.2. The minimum Gasteiger partial charge on any atom is -0.309 e. The van der Waals surface area contributed by atoms with Crippen LogP contribution < -0.4 is 0 Å². The van der Waals surface area contributed by atoms with Crippen LogP contribution in [0.2, 0.25) is 0 Å². The van der Waals surface area contributed by atoms with Gasteiger partial charge in [0, 0.05) is 32.9 Å². The number of hydrogen-bond acceptors (Lipinski definition) is 0. The highest BCUT2D eigenvalue weighted by atomic mass is 15.0. The third-order valence-electron chi connectivity index (χ3n) is 8.88. The Labute approximate surface area is 249 Å². The van der Waals surface area contributed by atoms with Gasteiger partial charge in [0.2, 0.25) is 0 Å². The SMILES string of the molecule is CC(C)(C)CC(c1cccc(-n2c3ccccc3c3c2ccc2c4ccccc4n(-c4ccccc4)c23)c1)C(C)(C)C. The fourth-order valence-electron chi connectivity index (χ4n) is 7.05. The van der Waals surface area contributed by atoms with E-state index in [9.17, 15) is 0 Å². The van der Waals surface area contributed by atoms with Crippen LogP contribution in [0.4, 0.5) is 0 Å². The van der Waals surface area contributed by atoms with E-state index in [0.29, 0.717) is 5.92 Å². The van der Waals surface area contributed by atoms with Crippen LogP contribution >= 0.6 is 0 Å². The van der Waals surface area contributed by atoms with Gasteiger partial charge in [-0.25, -0.2) is 0 Å². The predicted octanol–water partition coefficient (Wildman–Crippen LogP) is 11.4. The van der Waals surface area contributed by atoms with Crippen LogP contribution in [0.1, 0.15) is 59.4 Å². The normalized spacial score (nSPS) is 13.5. The van der Waals surface area contributed by atoms with E-state index in [0.717, 1.165) is 6.42 Å². The molecular formula is C40H40N2. The third kappa shape index (κ3) is 4.32. The lowest BCUT2D eigenvalue weighted by Gasteiger charge is -2.36. The lowest BCUT2D eigenvalue weighted by atomic mass is 9.69. The molecule has 5 aromatic carbocycles. The van der Waals surface area contributed by atoms with E-state index in [1.807, 2.05) is 0 Å². The molecule has 0 bridgehead atoms. The molecule has 2 nitrogen and oxygen atoms in total. The summed E-state index contributed by atoms with van der Waals surface area (Å²) in [6, 6.07) is 42.5. The predicted molar refractivity (Wildman–Crippen MR) is 181 cm³/mol. The van der Waals surface area contributed by atoms with E-state index in [4.69, 9.17) is 0 Å². The van der Waals surface area contributed by atoms with Crippen molar-refractivity contribution < 1.29 is 0 Å². The second-order valence-electron chi connectivity index (χ2n) is 14.2. The molecule has 0 saturated carbocycles. The third-order valence-corrected chi connectivity index (χ3v) is 8.88. The molecule has 1 unspecified atom stereocenters. The molecule has 2 aromatic heterocycles. The molecule has 7 rings (SSSR count). The molecule has 2 heterocycles. The van der Waals surface area contributed by atoms with Crippen LogP contribution in [0.15, 0.2) is 115 Å². The Morgan fingerprint density at radius 1 is 0.524 bits per heavy atom. The van der Waals surface area contributed by atoms with Crippen molar-refractivity contribution in [2.24, 2.45) is 10.8 Å². The van der Waals surface area contributed by atoms with E-state index in [2.05, 4.69) is 166 Å². The molecule has 0 spiro atoms. The Morgan fingerprint density at radius 3 is 1.83 bits per heavy atom. The summed E-state index contributed by atoms with van der Waals surface area (Å²) in [7, 11) is 0. The topological polar surface area (TPSA) is 9.86 Å². The van der Waals surface area contributed by atoms with Crippen molar-refractivity contribution in [2.75, 3.05) is 0 Å². The first kappa shape index (κ1) is 26.6. The van der Waals surface area contributed by atoms with Crippen LogP contribution in [0.25, 0.3) is 55.0 Å². The Balaban J connectivity index is 1.56. The van der Waals surface area contributed by atoms with Gasteiger partial charge >= 0.3 is 0 Å². The molecule has 0 saturated heterocycles. The molecule has 0 fully saturated rings. The maximum atomic E-state index is 2.48. The van der Waals surface area contributed by atoms with E-state index in [1.165, 1.54) is 60.5 Å². The summed E-state index contributed by atoms with van der Waals surface area (Å²) in [6.45, 7) is 14.2. The fraction of sp³-hybridized carbons (Fsp3) is 0.250. The maximum Gasteiger partial charge on any atom is 0.0641 e. The highest BCUT2D eigenvalue weighted by Crippen LogP contribution is 2.45. The summed E-state index contributed by atoms with van der Waals surface area (Å²) in [4.78, 5) is 0. The van der Waals surface area contributed by atoms with Gasteiger partial charge in [0.15, 0.2) is 0 Å². The van der Waals surface area contributed by atoms with Gasteiger partial charge in [-0.15, -0.1) is 0 Å². The lowest BCUT2D eigenvalue weighted by Crippen LogP contribution is -2.24. The second kappa shape index (κ2) is 9.63. The van der Waals surface area contributed by atoms with Gasteiger partial charge in [0.25, 0.3) is 0 Å². The minimum absolute atomic E-state index is 0.162. The monoisotopic (exact) mass is 548 g/mol. The Hall–Kier alpha value is -4.30. The Kier molecular flexibility index (Phi) is 6.10. The Bertz CT molecular complexity index is 2070. The van der Waals surface area contributed by atoms with Gasteiger partial charge < -0.3 is 9.13 Å². The molecule has 0 N–H and O–H groups in total. The van der Waals surface area contributed by atoms with Crippen molar-refractivity contribution in [3.8, 4) is 11.4 Å². The van der Waals surface area contributed by atoms with Crippen molar-refractivity contribution in [3.63, 3.8) is 0 Å². The number of aromatic nitrogens is 2. The average molecular weight is 549 g/mol. The van der Waals surface area contributed by atoms with E-state index < -0.39 is 0 Å². The summed E-state index contributed by atoms with van der Waals surface area (Å²) in [5.74, 6) is 0.456. The Morgan fingerprint density at radius 2 is 1.14 bits per heavy atom. The number of para-hydroxylation sites is 3. The second-order valence-corrected chi connectivity index (χ2v) is 14.2. The number of nitrogens with zero attached hydrogens (tertiary/aromatic N) is 2. The van der Waals surface area contributed by atoms with E-state index in [-0.39, 0.29) is 10.8 Å². The van der Waals surface area contributed by atoms with Gasteiger partial charge in [0.1, 0.15) is 0 Å². The molecular weight excluding hydrogens is 508 g/mol. The maximum absolute atomic E-state index is 2.48. The summed E-state index contributed by atoms with van der Waals surface area (Å²) >= 11 is 0. The highest BCUT2D eigenvalue weighted by molar-refractivity contribution is 6.26. The number of fused-ring (bicyclic) bond motifs is 7. The van der Waals surface area contributed by atoms with Gasteiger partial charge in [-0.05, 0) is 71.2 Å². The molecule has 210 valence electrons. The van der Waals surface area contributed by atoms with Gasteiger partial charge in [-0.1, -0.05) is 114 Å². The average Bonchev–Trinajstić information content (AvgIpc) is 3.48. The van der Waals surface area contributed by atoms with Crippen LogP contribution in [0.3, 0.4) is 0 Å². The standard InChI is InChI=1S/C40H40N2/c1-39(2,3)26-33(40(4,5)6)27-15-14-18-29(25-27)41-35-22-13-11-20-32(35)37-36(41)24-23-31-30-19-10-12-21-34(30)42(38(31)37)28-16-8-7-9-17-28/h7-25,33H,26H2,1-6H3. The zero-order chi connectivity index (χ0) is 29.2. The molecule has 2 heteroatoms. The summed E-state index contributed by atoms with van der Waals surface area (Å²) in [5.41, 5.74) is 9.22. The van der Waals surface area contributed by atoms with Gasteiger partial charge in [-0.3, -0.25) is 0 Å².